The first kappa shape index (κ1) is 17.2. The largest absolute Gasteiger partial charge is 0.462 e. The molecule has 0 aromatic heterocycles. The first-order valence-corrected chi connectivity index (χ1v) is 8.13. The topological polar surface area (TPSA) is 63.7 Å². The number of hydrogen-bond donors (Lipinski definition) is 0. The molecule has 0 radical (unpaired) electrons. The van der Waals surface area contributed by atoms with Crippen LogP contribution < -0.4 is 0 Å². The number of aryl methyl sites for hydroxylation is 1. The number of hydrogen-bond acceptors (Lipinski definition) is 4. The SMILES string of the molecule is CCOC(=O)c1ccc(CCCN2CCC(C=O)CC2=O)cc1. The van der Waals surface area contributed by atoms with Crippen molar-refractivity contribution in [1.82, 2.24) is 4.90 Å². The first-order chi connectivity index (χ1) is 11.1. The average molecular weight is 317 g/mol. The van der Waals surface area contributed by atoms with Crippen LogP contribution in [0, 0.1) is 5.92 Å². The molecule has 0 N–H and O–H groups in total. The number of esters is 1. The van der Waals surface area contributed by atoms with Crippen LogP contribution in [0.25, 0.3) is 0 Å². The summed E-state index contributed by atoms with van der Waals surface area (Å²) in [6.45, 7) is 3.54. The van der Waals surface area contributed by atoms with Crippen LogP contribution in [0.5, 0.6) is 0 Å². The molecule has 1 aliphatic rings. The lowest BCUT2D eigenvalue weighted by Gasteiger charge is -2.29. The number of amides is 1. The fourth-order valence-corrected chi connectivity index (χ4v) is 2.75. The molecular weight excluding hydrogens is 294 g/mol. The summed E-state index contributed by atoms with van der Waals surface area (Å²) in [5.74, 6) is -0.331. The average Bonchev–Trinajstić information content (AvgIpc) is 2.57. The Bertz CT molecular complexity index is 553. The lowest BCUT2D eigenvalue weighted by Crippen LogP contribution is -2.39. The van der Waals surface area contributed by atoms with Gasteiger partial charge in [0.25, 0.3) is 0 Å². The molecule has 1 saturated heterocycles. The smallest absolute Gasteiger partial charge is 0.338 e. The number of aldehydes is 1. The number of likely N-dealkylation sites (tertiary alicyclic amines) is 1. The van der Waals surface area contributed by atoms with Crippen molar-refractivity contribution in [3.63, 3.8) is 0 Å². The predicted octanol–water partition coefficient (Wildman–Crippen LogP) is 2.23. The van der Waals surface area contributed by atoms with Crippen molar-refractivity contribution in [2.75, 3.05) is 19.7 Å². The van der Waals surface area contributed by atoms with Crippen LogP contribution in [0.3, 0.4) is 0 Å². The van der Waals surface area contributed by atoms with Crippen molar-refractivity contribution in [3.8, 4) is 0 Å². The zero-order valence-electron chi connectivity index (χ0n) is 13.5. The zero-order chi connectivity index (χ0) is 16.7. The number of benzene rings is 1. The number of carbonyl (C=O) groups is 3. The molecule has 23 heavy (non-hydrogen) atoms. The van der Waals surface area contributed by atoms with Crippen LogP contribution >= 0.6 is 0 Å². The fraction of sp³-hybridized carbons (Fsp3) is 0.500. The van der Waals surface area contributed by atoms with Crippen LogP contribution in [0.15, 0.2) is 24.3 Å². The first-order valence-electron chi connectivity index (χ1n) is 8.13. The van der Waals surface area contributed by atoms with Gasteiger partial charge in [0.05, 0.1) is 12.2 Å². The Kier molecular flexibility index (Phi) is 6.32. The molecule has 2 rings (SSSR count). The molecule has 1 aromatic carbocycles. The second kappa shape index (κ2) is 8.46. The van der Waals surface area contributed by atoms with Gasteiger partial charge in [-0.1, -0.05) is 12.1 Å². The number of piperidine rings is 1. The number of nitrogens with zero attached hydrogens (tertiary/aromatic N) is 1. The summed E-state index contributed by atoms with van der Waals surface area (Å²) in [5.41, 5.74) is 1.69. The molecule has 1 atom stereocenters. The van der Waals surface area contributed by atoms with E-state index in [2.05, 4.69) is 0 Å². The summed E-state index contributed by atoms with van der Waals surface area (Å²) in [7, 11) is 0. The van der Waals surface area contributed by atoms with Gasteiger partial charge in [0.2, 0.25) is 5.91 Å². The quantitative estimate of drug-likeness (QED) is 0.571. The molecule has 1 aromatic rings. The van der Waals surface area contributed by atoms with E-state index in [0.29, 0.717) is 31.7 Å². The van der Waals surface area contributed by atoms with Crippen LogP contribution in [-0.2, 0) is 20.7 Å². The second-order valence-electron chi connectivity index (χ2n) is 5.79. The number of ether oxygens (including phenoxy) is 1. The molecular formula is C18H23NO4. The molecule has 1 amide bonds. The molecule has 1 fully saturated rings. The van der Waals surface area contributed by atoms with Gasteiger partial charge in [0.15, 0.2) is 0 Å². The van der Waals surface area contributed by atoms with Gasteiger partial charge in [-0.25, -0.2) is 4.79 Å². The summed E-state index contributed by atoms with van der Waals surface area (Å²) in [6, 6.07) is 7.39. The lowest BCUT2D eigenvalue weighted by molar-refractivity contribution is -0.137. The highest BCUT2D eigenvalue weighted by molar-refractivity contribution is 5.89. The van der Waals surface area contributed by atoms with Gasteiger partial charge in [0.1, 0.15) is 6.29 Å². The highest BCUT2D eigenvalue weighted by atomic mass is 16.5. The minimum Gasteiger partial charge on any atom is -0.462 e. The fourth-order valence-electron chi connectivity index (χ4n) is 2.75. The van der Waals surface area contributed by atoms with Crippen LogP contribution in [0.2, 0.25) is 0 Å². The maximum atomic E-state index is 11.9. The maximum absolute atomic E-state index is 11.9. The van der Waals surface area contributed by atoms with E-state index in [1.807, 2.05) is 17.0 Å². The van der Waals surface area contributed by atoms with Gasteiger partial charge in [0, 0.05) is 25.4 Å². The number of carbonyl (C=O) groups excluding carboxylic acids is 3. The van der Waals surface area contributed by atoms with E-state index in [1.54, 1.807) is 19.1 Å². The monoisotopic (exact) mass is 317 g/mol. The Morgan fingerprint density at radius 3 is 2.70 bits per heavy atom. The van der Waals surface area contributed by atoms with E-state index in [1.165, 1.54) is 0 Å². The lowest BCUT2D eigenvalue weighted by atomic mass is 9.97. The molecule has 1 unspecified atom stereocenters. The highest BCUT2D eigenvalue weighted by Gasteiger charge is 2.24. The molecule has 1 aliphatic heterocycles. The Morgan fingerprint density at radius 1 is 1.35 bits per heavy atom. The van der Waals surface area contributed by atoms with E-state index in [9.17, 15) is 14.4 Å². The maximum Gasteiger partial charge on any atom is 0.338 e. The summed E-state index contributed by atoms with van der Waals surface area (Å²) >= 11 is 0. The summed E-state index contributed by atoms with van der Waals surface area (Å²) in [5, 5.41) is 0. The van der Waals surface area contributed by atoms with Crippen molar-refractivity contribution in [2.45, 2.75) is 32.6 Å². The predicted molar refractivity (Wildman–Crippen MR) is 86.1 cm³/mol. The molecule has 0 aliphatic carbocycles. The third-order valence-corrected chi connectivity index (χ3v) is 4.11. The van der Waals surface area contributed by atoms with Gasteiger partial charge in [-0.2, -0.15) is 0 Å². The molecule has 124 valence electrons. The Morgan fingerprint density at radius 2 is 2.09 bits per heavy atom. The third kappa shape index (κ3) is 4.91. The van der Waals surface area contributed by atoms with Crippen LogP contribution in [-0.4, -0.2) is 42.8 Å². The van der Waals surface area contributed by atoms with E-state index < -0.39 is 0 Å². The van der Waals surface area contributed by atoms with E-state index in [4.69, 9.17) is 4.74 Å². The van der Waals surface area contributed by atoms with Crippen molar-refractivity contribution in [2.24, 2.45) is 5.92 Å². The highest BCUT2D eigenvalue weighted by Crippen LogP contribution is 2.17. The summed E-state index contributed by atoms with van der Waals surface area (Å²) in [6.07, 6.45) is 3.72. The van der Waals surface area contributed by atoms with Crippen LogP contribution in [0.4, 0.5) is 0 Å². The van der Waals surface area contributed by atoms with Crippen molar-refractivity contribution in [3.05, 3.63) is 35.4 Å². The van der Waals surface area contributed by atoms with Gasteiger partial charge >= 0.3 is 5.97 Å². The molecule has 1 heterocycles. The molecule has 0 saturated carbocycles. The van der Waals surface area contributed by atoms with Gasteiger partial charge in [-0.15, -0.1) is 0 Å². The van der Waals surface area contributed by atoms with Gasteiger partial charge in [-0.05, 0) is 43.9 Å². The third-order valence-electron chi connectivity index (χ3n) is 4.11. The molecule has 0 spiro atoms. The second-order valence-corrected chi connectivity index (χ2v) is 5.79. The van der Waals surface area contributed by atoms with E-state index in [0.717, 1.165) is 31.1 Å². The van der Waals surface area contributed by atoms with Gasteiger partial charge < -0.3 is 14.4 Å². The van der Waals surface area contributed by atoms with Crippen molar-refractivity contribution in [1.29, 1.82) is 0 Å². The molecule has 0 bridgehead atoms. The summed E-state index contributed by atoms with van der Waals surface area (Å²) in [4.78, 5) is 36.0. The Labute approximate surface area is 136 Å². The molecule has 5 nitrogen and oxygen atoms in total. The zero-order valence-corrected chi connectivity index (χ0v) is 13.5. The van der Waals surface area contributed by atoms with Crippen LogP contribution in [0.1, 0.15) is 42.1 Å². The van der Waals surface area contributed by atoms with Gasteiger partial charge in [-0.3, -0.25) is 4.79 Å². The van der Waals surface area contributed by atoms with E-state index in [-0.39, 0.29) is 17.8 Å². The number of rotatable bonds is 7. The minimum atomic E-state index is -0.303. The minimum absolute atomic E-state index is 0.0750. The standard InChI is InChI=1S/C18H23NO4/c1-2-23-18(22)16-7-5-14(6-8-16)4-3-10-19-11-9-15(13-20)12-17(19)21/h5-8,13,15H,2-4,9-12H2,1H3. The van der Waals surface area contributed by atoms with Crippen molar-refractivity contribution >= 4 is 18.2 Å². The van der Waals surface area contributed by atoms with Crippen molar-refractivity contribution < 1.29 is 19.1 Å². The summed E-state index contributed by atoms with van der Waals surface area (Å²) < 4.78 is 4.95. The normalized spacial score (nSPS) is 17.9. The Hall–Kier alpha value is -2.17. The Balaban J connectivity index is 1.77. The molecule has 5 heteroatoms. The van der Waals surface area contributed by atoms with E-state index >= 15 is 0 Å².